The zero-order valence-corrected chi connectivity index (χ0v) is 10.3. The van der Waals surface area contributed by atoms with Gasteiger partial charge in [0.2, 0.25) is 11.8 Å². The zero-order valence-electron chi connectivity index (χ0n) is 10.3. The van der Waals surface area contributed by atoms with Gasteiger partial charge in [0, 0.05) is 13.1 Å². The minimum absolute atomic E-state index is 0.0120. The largest absolute Gasteiger partial charge is 0.393 e. The molecular weight excluding hydrogens is 279 g/mol. The predicted molar refractivity (Wildman–Crippen MR) is 64.1 cm³/mol. The van der Waals surface area contributed by atoms with Gasteiger partial charge in [-0.3, -0.25) is 10.1 Å². The highest BCUT2D eigenvalue weighted by molar-refractivity contribution is 5.53. The number of piperidine rings is 1. The summed E-state index contributed by atoms with van der Waals surface area (Å²) in [5.74, 6) is -1.81. The number of nitrogens with zero attached hydrogens (tertiary/aromatic N) is 4. The fraction of sp³-hybridized carbons (Fsp3) is 0.600. The number of aromatic nitrogens is 2. The predicted octanol–water partition coefficient (Wildman–Crippen LogP) is 1.75. The molecule has 110 valence electrons. The van der Waals surface area contributed by atoms with Crippen molar-refractivity contribution in [1.29, 1.82) is 0 Å². The van der Waals surface area contributed by atoms with Crippen molar-refractivity contribution < 1.29 is 18.1 Å². The molecule has 1 aliphatic heterocycles. The molecule has 0 saturated carbocycles. The summed E-state index contributed by atoms with van der Waals surface area (Å²) in [4.78, 5) is 18.6. The van der Waals surface area contributed by atoms with Crippen LogP contribution >= 0.6 is 0 Å². The van der Waals surface area contributed by atoms with Gasteiger partial charge >= 0.3 is 11.9 Å². The van der Waals surface area contributed by atoms with Crippen molar-refractivity contribution in [3.63, 3.8) is 0 Å². The van der Waals surface area contributed by atoms with Crippen molar-refractivity contribution in [3.05, 3.63) is 16.3 Å². The number of halogens is 3. The van der Waals surface area contributed by atoms with Crippen molar-refractivity contribution in [1.82, 2.24) is 9.97 Å². The van der Waals surface area contributed by atoms with Gasteiger partial charge in [-0.2, -0.15) is 18.2 Å². The Morgan fingerprint density at radius 2 is 2.20 bits per heavy atom. The summed E-state index contributed by atoms with van der Waals surface area (Å²) >= 11 is 0. The molecule has 2 heterocycles. The normalized spacial score (nSPS) is 19.9. The van der Waals surface area contributed by atoms with E-state index in [0.29, 0.717) is 13.0 Å². The van der Waals surface area contributed by atoms with E-state index in [1.165, 1.54) is 4.90 Å². The Hall–Kier alpha value is -2.13. The first-order valence-electron chi connectivity index (χ1n) is 5.87. The van der Waals surface area contributed by atoms with Crippen LogP contribution in [0.5, 0.6) is 0 Å². The Balaban J connectivity index is 2.19. The lowest BCUT2D eigenvalue weighted by Gasteiger charge is -2.33. The smallest absolute Gasteiger partial charge is 0.378 e. The SMILES string of the molecule is Nc1nc(N2CCCC(C(F)(F)F)C2)ncc1[N+](=O)[O-]. The summed E-state index contributed by atoms with van der Waals surface area (Å²) in [5.41, 5.74) is 4.95. The molecule has 1 aromatic heterocycles. The van der Waals surface area contributed by atoms with Gasteiger partial charge in [0.15, 0.2) is 0 Å². The summed E-state index contributed by atoms with van der Waals surface area (Å²) in [6.07, 6.45) is -2.95. The van der Waals surface area contributed by atoms with Crippen LogP contribution in [0, 0.1) is 16.0 Å². The number of anilines is 2. The molecule has 0 bridgehead atoms. The van der Waals surface area contributed by atoms with Gasteiger partial charge in [-0.15, -0.1) is 0 Å². The summed E-state index contributed by atoms with van der Waals surface area (Å²) in [6.45, 7) is 0.102. The van der Waals surface area contributed by atoms with Crippen LogP contribution < -0.4 is 10.6 Å². The van der Waals surface area contributed by atoms with Gasteiger partial charge in [-0.05, 0) is 12.8 Å². The Kier molecular flexibility index (Phi) is 3.64. The minimum Gasteiger partial charge on any atom is -0.378 e. The monoisotopic (exact) mass is 291 g/mol. The minimum atomic E-state index is -4.27. The second kappa shape index (κ2) is 5.10. The summed E-state index contributed by atoms with van der Waals surface area (Å²) in [5, 5.41) is 10.6. The molecular formula is C10H12F3N5O2. The molecule has 0 radical (unpaired) electrons. The van der Waals surface area contributed by atoms with Crippen molar-refractivity contribution in [2.45, 2.75) is 19.0 Å². The van der Waals surface area contributed by atoms with Crippen LogP contribution in [-0.2, 0) is 0 Å². The molecule has 1 atom stereocenters. The topological polar surface area (TPSA) is 98.2 Å². The Bertz CT molecular complexity index is 522. The molecule has 10 heteroatoms. The van der Waals surface area contributed by atoms with Crippen LogP contribution in [0.3, 0.4) is 0 Å². The van der Waals surface area contributed by atoms with Gasteiger partial charge in [0.25, 0.3) is 0 Å². The van der Waals surface area contributed by atoms with Crippen LogP contribution in [0.25, 0.3) is 0 Å². The quantitative estimate of drug-likeness (QED) is 0.658. The van der Waals surface area contributed by atoms with E-state index >= 15 is 0 Å². The number of rotatable bonds is 2. The number of nitrogens with two attached hydrogens (primary N) is 1. The van der Waals surface area contributed by atoms with E-state index in [-0.39, 0.29) is 24.7 Å². The van der Waals surface area contributed by atoms with Crippen LogP contribution in [0.1, 0.15) is 12.8 Å². The summed E-state index contributed by atoms with van der Waals surface area (Å²) in [7, 11) is 0. The molecule has 1 saturated heterocycles. The van der Waals surface area contributed by atoms with Crippen LogP contribution in [-0.4, -0.2) is 34.2 Å². The Morgan fingerprint density at radius 1 is 1.50 bits per heavy atom. The Morgan fingerprint density at radius 3 is 2.75 bits per heavy atom. The molecule has 0 spiro atoms. The first kappa shape index (κ1) is 14.3. The Labute approximate surface area is 111 Å². The lowest BCUT2D eigenvalue weighted by atomic mass is 9.98. The molecule has 0 aliphatic carbocycles. The van der Waals surface area contributed by atoms with Gasteiger partial charge < -0.3 is 10.6 Å². The highest BCUT2D eigenvalue weighted by atomic mass is 19.4. The number of hydrogen-bond donors (Lipinski definition) is 1. The third-order valence-corrected chi connectivity index (χ3v) is 3.15. The van der Waals surface area contributed by atoms with E-state index in [0.717, 1.165) is 6.20 Å². The maximum atomic E-state index is 12.7. The van der Waals surface area contributed by atoms with E-state index in [9.17, 15) is 23.3 Å². The second-order valence-electron chi connectivity index (χ2n) is 4.52. The molecule has 1 aliphatic rings. The number of hydrogen-bond acceptors (Lipinski definition) is 6. The summed E-state index contributed by atoms with van der Waals surface area (Å²) < 4.78 is 38.1. The fourth-order valence-electron chi connectivity index (χ4n) is 2.10. The maximum Gasteiger partial charge on any atom is 0.393 e. The van der Waals surface area contributed by atoms with Gasteiger partial charge in [-0.25, -0.2) is 4.98 Å². The number of nitrogen functional groups attached to an aromatic ring is 1. The third-order valence-electron chi connectivity index (χ3n) is 3.15. The first-order valence-corrected chi connectivity index (χ1v) is 5.87. The average Bonchev–Trinajstić information content (AvgIpc) is 2.37. The molecule has 2 rings (SSSR count). The van der Waals surface area contributed by atoms with Gasteiger partial charge in [0.1, 0.15) is 6.20 Å². The van der Waals surface area contributed by atoms with E-state index in [1.807, 2.05) is 0 Å². The molecule has 1 fully saturated rings. The lowest BCUT2D eigenvalue weighted by molar-refractivity contribution is -0.384. The van der Waals surface area contributed by atoms with E-state index in [2.05, 4.69) is 9.97 Å². The molecule has 7 nitrogen and oxygen atoms in total. The highest BCUT2D eigenvalue weighted by Gasteiger charge is 2.42. The van der Waals surface area contributed by atoms with Crippen molar-refractivity contribution in [3.8, 4) is 0 Å². The van der Waals surface area contributed by atoms with Crippen molar-refractivity contribution in [2.24, 2.45) is 5.92 Å². The van der Waals surface area contributed by atoms with Crippen LogP contribution in [0.15, 0.2) is 6.20 Å². The standard InChI is InChI=1S/C10H12F3N5O2/c11-10(12,13)6-2-1-3-17(5-6)9-15-4-7(18(19)20)8(14)16-9/h4,6H,1-3,5H2,(H2,14,15,16). The maximum absolute atomic E-state index is 12.7. The van der Waals surface area contributed by atoms with Gasteiger partial charge in [0.05, 0.1) is 10.8 Å². The molecule has 0 amide bonds. The molecule has 1 aromatic rings. The van der Waals surface area contributed by atoms with Crippen LogP contribution in [0.4, 0.5) is 30.6 Å². The highest BCUT2D eigenvalue weighted by Crippen LogP contribution is 2.34. The molecule has 20 heavy (non-hydrogen) atoms. The zero-order chi connectivity index (χ0) is 14.9. The molecule has 0 aromatic carbocycles. The number of nitro groups is 1. The second-order valence-corrected chi connectivity index (χ2v) is 4.52. The van der Waals surface area contributed by atoms with E-state index in [1.54, 1.807) is 0 Å². The van der Waals surface area contributed by atoms with Crippen LogP contribution in [0.2, 0.25) is 0 Å². The lowest BCUT2D eigenvalue weighted by Crippen LogP contribution is -2.42. The van der Waals surface area contributed by atoms with Crippen molar-refractivity contribution >= 4 is 17.5 Å². The first-order chi connectivity index (χ1) is 9.29. The van der Waals surface area contributed by atoms with E-state index < -0.39 is 22.7 Å². The fourth-order valence-corrected chi connectivity index (χ4v) is 2.10. The molecule has 1 unspecified atom stereocenters. The molecule has 2 N–H and O–H groups in total. The number of alkyl halides is 3. The average molecular weight is 291 g/mol. The summed E-state index contributed by atoms with van der Waals surface area (Å²) in [6, 6.07) is 0. The third kappa shape index (κ3) is 2.89. The van der Waals surface area contributed by atoms with E-state index in [4.69, 9.17) is 5.73 Å². The van der Waals surface area contributed by atoms with Gasteiger partial charge in [-0.1, -0.05) is 0 Å². The van der Waals surface area contributed by atoms with Crippen molar-refractivity contribution in [2.75, 3.05) is 23.7 Å².